The predicted molar refractivity (Wildman–Crippen MR) is 104 cm³/mol. The van der Waals surface area contributed by atoms with E-state index in [1.165, 1.54) is 0 Å². The highest BCUT2D eigenvalue weighted by Gasteiger charge is 2.02. The summed E-state index contributed by atoms with van der Waals surface area (Å²) in [5.74, 6) is 0.572. The molecule has 0 unspecified atom stereocenters. The van der Waals surface area contributed by atoms with Gasteiger partial charge in [-0.2, -0.15) is 0 Å². The zero-order valence-corrected chi connectivity index (χ0v) is 14.8. The van der Waals surface area contributed by atoms with Crippen LogP contribution in [-0.2, 0) is 6.61 Å². The van der Waals surface area contributed by atoms with Crippen molar-refractivity contribution in [3.63, 3.8) is 0 Å². The number of benzene rings is 3. The molecular formula is C22H19NO4. The fourth-order valence-corrected chi connectivity index (χ4v) is 2.41. The van der Waals surface area contributed by atoms with Crippen LogP contribution in [0, 0.1) is 0 Å². The summed E-state index contributed by atoms with van der Waals surface area (Å²) in [5, 5.41) is 8.92. The van der Waals surface area contributed by atoms with Crippen molar-refractivity contribution < 1.29 is 19.4 Å². The number of carbonyl (C=O) groups is 1. The summed E-state index contributed by atoms with van der Waals surface area (Å²) >= 11 is 0. The summed E-state index contributed by atoms with van der Waals surface area (Å²) in [6.07, 6.45) is 1.77. The highest BCUT2D eigenvalue weighted by molar-refractivity contribution is 5.87. The fraction of sp³-hybridized carbons (Fsp3) is 0.0909. The predicted octanol–water partition coefficient (Wildman–Crippen LogP) is 4.72. The van der Waals surface area contributed by atoms with Crippen molar-refractivity contribution in [1.29, 1.82) is 0 Å². The molecule has 1 N–H and O–H groups in total. The molecule has 0 bridgehead atoms. The molecule has 0 aliphatic heterocycles. The van der Waals surface area contributed by atoms with Gasteiger partial charge in [0.05, 0.1) is 18.4 Å². The monoisotopic (exact) mass is 361 g/mol. The lowest BCUT2D eigenvalue weighted by atomic mass is 10.1. The van der Waals surface area contributed by atoms with Crippen LogP contribution < -0.4 is 9.47 Å². The van der Waals surface area contributed by atoms with Gasteiger partial charge < -0.3 is 14.6 Å². The maximum absolute atomic E-state index is 10.9. The minimum Gasteiger partial charge on any atom is -0.497 e. The summed E-state index contributed by atoms with van der Waals surface area (Å²) in [4.78, 5) is 15.3. The van der Waals surface area contributed by atoms with E-state index in [4.69, 9.17) is 14.6 Å². The average molecular weight is 361 g/mol. The number of aliphatic imine (C=N–C) groups is 1. The molecule has 3 rings (SSSR count). The first-order valence-corrected chi connectivity index (χ1v) is 8.37. The molecule has 0 fully saturated rings. The highest BCUT2D eigenvalue weighted by atomic mass is 16.5. The van der Waals surface area contributed by atoms with Gasteiger partial charge in [-0.15, -0.1) is 0 Å². The maximum Gasteiger partial charge on any atom is 0.335 e. The second-order valence-electron chi connectivity index (χ2n) is 5.82. The molecule has 0 radical (unpaired) electrons. The summed E-state index contributed by atoms with van der Waals surface area (Å²) in [7, 11) is 1.63. The van der Waals surface area contributed by atoms with Crippen molar-refractivity contribution in [2.45, 2.75) is 6.61 Å². The Morgan fingerprint density at radius 3 is 2.41 bits per heavy atom. The summed E-state index contributed by atoms with van der Waals surface area (Å²) in [5.41, 5.74) is 2.91. The maximum atomic E-state index is 10.9. The van der Waals surface area contributed by atoms with Crippen molar-refractivity contribution in [1.82, 2.24) is 0 Å². The van der Waals surface area contributed by atoms with E-state index < -0.39 is 5.97 Å². The lowest BCUT2D eigenvalue weighted by molar-refractivity contribution is 0.0697. The Bertz CT molecular complexity index is 931. The first kappa shape index (κ1) is 18.2. The second kappa shape index (κ2) is 8.67. The Hall–Kier alpha value is -3.60. The van der Waals surface area contributed by atoms with Crippen LogP contribution in [0.25, 0.3) is 0 Å². The van der Waals surface area contributed by atoms with Gasteiger partial charge in [-0.25, -0.2) is 4.79 Å². The number of rotatable bonds is 7. The molecule has 3 aromatic carbocycles. The molecule has 5 heteroatoms. The largest absolute Gasteiger partial charge is 0.497 e. The SMILES string of the molecule is COc1ccc(N=Cc2cccc(OCc3ccc(C(=O)O)cc3)c2)cc1. The first-order valence-electron chi connectivity index (χ1n) is 8.37. The van der Waals surface area contributed by atoms with Crippen LogP contribution >= 0.6 is 0 Å². The third-order valence-corrected chi connectivity index (χ3v) is 3.90. The van der Waals surface area contributed by atoms with Crippen LogP contribution in [0.3, 0.4) is 0 Å². The number of aromatic carboxylic acids is 1. The van der Waals surface area contributed by atoms with Crippen molar-refractivity contribution in [2.24, 2.45) is 4.99 Å². The topological polar surface area (TPSA) is 68.1 Å². The summed E-state index contributed by atoms with van der Waals surface area (Å²) in [6, 6.07) is 21.8. The lowest BCUT2D eigenvalue weighted by Gasteiger charge is -2.07. The van der Waals surface area contributed by atoms with Gasteiger partial charge in [-0.05, 0) is 59.7 Å². The quantitative estimate of drug-likeness (QED) is 0.618. The van der Waals surface area contributed by atoms with Gasteiger partial charge in [0.1, 0.15) is 18.1 Å². The van der Waals surface area contributed by atoms with Crippen molar-refractivity contribution in [3.05, 3.63) is 89.5 Å². The molecule has 0 saturated carbocycles. The lowest BCUT2D eigenvalue weighted by Crippen LogP contribution is -1.99. The van der Waals surface area contributed by atoms with Gasteiger partial charge in [-0.3, -0.25) is 4.99 Å². The molecule has 27 heavy (non-hydrogen) atoms. The van der Waals surface area contributed by atoms with E-state index in [9.17, 15) is 4.79 Å². The molecule has 0 aromatic heterocycles. The Labute approximate surface area is 157 Å². The van der Waals surface area contributed by atoms with E-state index in [1.807, 2.05) is 48.5 Å². The number of hydrogen-bond acceptors (Lipinski definition) is 4. The van der Waals surface area contributed by atoms with E-state index in [1.54, 1.807) is 37.6 Å². The number of methoxy groups -OCH3 is 1. The number of carboxylic acid groups (broad SMARTS) is 1. The molecule has 5 nitrogen and oxygen atoms in total. The fourth-order valence-electron chi connectivity index (χ4n) is 2.41. The van der Waals surface area contributed by atoms with Crippen LogP contribution in [0.15, 0.2) is 77.8 Å². The van der Waals surface area contributed by atoms with Gasteiger partial charge >= 0.3 is 5.97 Å². The molecule has 0 heterocycles. The van der Waals surface area contributed by atoms with E-state index in [0.29, 0.717) is 6.61 Å². The van der Waals surface area contributed by atoms with Gasteiger partial charge in [0.2, 0.25) is 0 Å². The Morgan fingerprint density at radius 2 is 1.74 bits per heavy atom. The molecule has 0 atom stereocenters. The van der Waals surface area contributed by atoms with E-state index in [0.717, 1.165) is 28.3 Å². The van der Waals surface area contributed by atoms with Gasteiger partial charge in [0.25, 0.3) is 0 Å². The molecule has 0 saturated heterocycles. The Kier molecular flexibility index (Phi) is 5.84. The summed E-state index contributed by atoms with van der Waals surface area (Å²) in [6.45, 7) is 0.360. The molecule has 0 amide bonds. The molecule has 0 aliphatic carbocycles. The third kappa shape index (κ3) is 5.19. The number of ether oxygens (including phenoxy) is 2. The Morgan fingerprint density at radius 1 is 1.00 bits per heavy atom. The molecule has 0 spiro atoms. The summed E-state index contributed by atoms with van der Waals surface area (Å²) < 4.78 is 10.9. The van der Waals surface area contributed by atoms with Crippen molar-refractivity contribution in [2.75, 3.05) is 7.11 Å². The van der Waals surface area contributed by atoms with Crippen LogP contribution in [0.1, 0.15) is 21.5 Å². The minimum absolute atomic E-state index is 0.260. The number of nitrogens with zero attached hydrogens (tertiary/aromatic N) is 1. The molecule has 136 valence electrons. The van der Waals surface area contributed by atoms with Gasteiger partial charge in [0, 0.05) is 6.21 Å². The first-order chi connectivity index (χ1) is 13.1. The molecule has 0 aliphatic rings. The van der Waals surface area contributed by atoms with Crippen LogP contribution in [0.4, 0.5) is 5.69 Å². The van der Waals surface area contributed by atoms with Gasteiger partial charge in [0.15, 0.2) is 0 Å². The molecular weight excluding hydrogens is 342 g/mol. The molecule has 3 aromatic rings. The third-order valence-electron chi connectivity index (χ3n) is 3.90. The number of carboxylic acids is 1. The zero-order chi connectivity index (χ0) is 19.1. The second-order valence-corrected chi connectivity index (χ2v) is 5.82. The number of hydrogen-bond donors (Lipinski definition) is 1. The zero-order valence-electron chi connectivity index (χ0n) is 14.8. The van der Waals surface area contributed by atoms with E-state index in [2.05, 4.69) is 4.99 Å². The minimum atomic E-state index is -0.939. The van der Waals surface area contributed by atoms with Crippen molar-refractivity contribution >= 4 is 17.9 Å². The normalized spacial score (nSPS) is 10.7. The van der Waals surface area contributed by atoms with Crippen LogP contribution in [-0.4, -0.2) is 24.4 Å². The van der Waals surface area contributed by atoms with E-state index in [-0.39, 0.29) is 5.56 Å². The van der Waals surface area contributed by atoms with E-state index >= 15 is 0 Å². The standard InChI is InChI=1S/C22H19NO4/c1-26-20-11-9-19(10-12-20)23-14-17-3-2-4-21(13-17)27-15-16-5-7-18(8-6-16)22(24)25/h2-14H,15H2,1H3,(H,24,25). The van der Waals surface area contributed by atoms with Crippen LogP contribution in [0.2, 0.25) is 0 Å². The smallest absolute Gasteiger partial charge is 0.335 e. The van der Waals surface area contributed by atoms with Crippen LogP contribution in [0.5, 0.6) is 11.5 Å². The Balaban J connectivity index is 1.62. The van der Waals surface area contributed by atoms with Gasteiger partial charge in [-0.1, -0.05) is 24.3 Å². The average Bonchev–Trinajstić information content (AvgIpc) is 2.72. The van der Waals surface area contributed by atoms with Crippen molar-refractivity contribution in [3.8, 4) is 11.5 Å². The highest BCUT2D eigenvalue weighted by Crippen LogP contribution is 2.19.